The second-order valence-electron chi connectivity index (χ2n) is 7.85. The van der Waals surface area contributed by atoms with Crippen LogP contribution in [0.1, 0.15) is 42.5 Å². The fourth-order valence-electron chi connectivity index (χ4n) is 4.07. The van der Waals surface area contributed by atoms with Gasteiger partial charge < -0.3 is 15.1 Å². The van der Waals surface area contributed by atoms with E-state index in [1.54, 1.807) is 36.7 Å². The molecule has 0 atom stereocenters. The second kappa shape index (κ2) is 9.43. The van der Waals surface area contributed by atoms with Gasteiger partial charge in [-0.15, -0.1) is 0 Å². The Balaban J connectivity index is 1.33. The summed E-state index contributed by atoms with van der Waals surface area (Å²) < 4.78 is 0. The lowest BCUT2D eigenvalue weighted by molar-refractivity contribution is -0.120. The van der Waals surface area contributed by atoms with Crippen LogP contribution in [-0.2, 0) is 4.79 Å². The topological polar surface area (TPSA) is 78.4 Å². The van der Waals surface area contributed by atoms with E-state index in [4.69, 9.17) is 11.6 Å². The van der Waals surface area contributed by atoms with Crippen molar-refractivity contribution in [2.75, 3.05) is 36.4 Å². The summed E-state index contributed by atoms with van der Waals surface area (Å²) in [6.07, 6.45) is 8.17. The zero-order valence-corrected chi connectivity index (χ0v) is 17.6. The molecule has 2 amide bonds. The van der Waals surface area contributed by atoms with Crippen LogP contribution in [0.3, 0.4) is 0 Å². The van der Waals surface area contributed by atoms with Gasteiger partial charge in [0.2, 0.25) is 11.9 Å². The van der Waals surface area contributed by atoms with Gasteiger partial charge in [-0.1, -0.05) is 11.6 Å². The quantitative estimate of drug-likeness (QED) is 0.806. The summed E-state index contributed by atoms with van der Waals surface area (Å²) in [7, 11) is 0. The highest BCUT2D eigenvalue weighted by molar-refractivity contribution is 6.34. The van der Waals surface area contributed by atoms with E-state index in [1.165, 1.54) is 6.42 Å². The molecule has 1 N–H and O–H groups in total. The van der Waals surface area contributed by atoms with Gasteiger partial charge in [0.05, 0.1) is 10.6 Å². The third-order valence-electron chi connectivity index (χ3n) is 5.81. The lowest BCUT2D eigenvalue weighted by Crippen LogP contribution is -2.39. The molecule has 2 saturated heterocycles. The zero-order valence-electron chi connectivity index (χ0n) is 16.9. The minimum Gasteiger partial charge on any atom is -0.341 e. The number of hydrogen-bond donors (Lipinski definition) is 1. The monoisotopic (exact) mass is 427 g/mol. The predicted molar refractivity (Wildman–Crippen MR) is 117 cm³/mol. The molecule has 0 aliphatic carbocycles. The third-order valence-corrected chi connectivity index (χ3v) is 6.12. The molecule has 0 saturated carbocycles. The number of nitrogens with one attached hydrogen (secondary N) is 1. The number of hydrogen-bond acceptors (Lipinski definition) is 5. The number of piperidine rings is 2. The Morgan fingerprint density at radius 1 is 1.00 bits per heavy atom. The summed E-state index contributed by atoms with van der Waals surface area (Å²) in [6.45, 7) is 3.04. The van der Waals surface area contributed by atoms with Crippen LogP contribution in [0.2, 0.25) is 5.02 Å². The van der Waals surface area contributed by atoms with E-state index in [0.29, 0.717) is 22.2 Å². The Morgan fingerprint density at radius 3 is 2.37 bits per heavy atom. The van der Waals surface area contributed by atoms with Crippen LogP contribution in [0, 0.1) is 5.92 Å². The minimum atomic E-state index is -0.0709. The van der Waals surface area contributed by atoms with Gasteiger partial charge in [-0.25, -0.2) is 9.97 Å². The van der Waals surface area contributed by atoms with Gasteiger partial charge in [0, 0.05) is 50.2 Å². The average Bonchev–Trinajstić information content (AvgIpc) is 2.80. The molecule has 0 spiro atoms. The van der Waals surface area contributed by atoms with Gasteiger partial charge in [0.25, 0.3) is 5.91 Å². The summed E-state index contributed by atoms with van der Waals surface area (Å²) >= 11 is 6.38. The van der Waals surface area contributed by atoms with Crippen molar-refractivity contribution < 1.29 is 9.59 Å². The molecule has 7 nitrogen and oxygen atoms in total. The largest absolute Gasteiger partial charge is 0.341 e. The standard InChI is InChI=1S/C22H26ClN5O2/c23-19-15-17(5-6-18(19)21(30)27-11-2-1-3-12-27)26-20(29)16-7-13-28(14-8-16)22-24-9-4-10-25-22/h4-6,9-10,15-16H,1-3,7-8,11-14H2,(H,26,29). The first-order chi connectivity index (χ1) is 14.6. The molecule has 0 radical (unpaired) electrons. The average molecular weight is 428 g/mol. The van der Waals surface area contributed by atoms with E-state index in [9.17, 15) is 9.59 Å². The van der Waals surface area contributed by atoms with Crippen molar-refractivity contribution >= 4 is 35.1 Å². The summed E-state index contributed by atoms with van der Waals surface area (Å²) in [5, 5.41) is 3.33. The van der Waals surface area contributed by atoms with Crippen LogP contribution in [0.4, 0.5) is 11.6 Å². The molecule has 2 aromatic rings. The van der Waals surface area contributed by atoms with Crippen LogP contribution >= 0.6 is 11.6 Å². The molecule has 0 unspecified atom stereocenters. The highest BCUT2D eigenvalue weighted by Gasteiger charge is 2.26. The molecule has 2 aliphatic heterocycles. The predicted octanol–water partition coefficient (Wildman–Crippen LogP) is 3.61. The fourth-order valence-corrected chi connectivity index (χ4v) is 4.34. The van der Waals surface area contributed by atoms with E-state index in [-0.39, 0.29) is 17.7 Å². The molecular weight excluding hydrogens is 402 g/mol. The molecule has 8 heteroatoms. The van der Waals surface area contributed by atoms with Crippen molar-refractivity contribution in [2.24, 2.45) is 5.92 Å². The zero-order chi connectivity index (χ0) is 20.9. The molecule has 158 valence electrons. The first kappa shape index (κ1) is 20.6. The van der Waals surface area contributed by atoms with Gasteiger partial charge in [-0.3, -0.25) is 9.59 Å². The minimum absolute atomic E-state index is 0.0187. The van der Waals surface area contributed by atoms with E-state index in [2.05, 4.69) is 20.2 Å². The van der Waals surface area contributed by atoms with E-state index < -0.39 is 0 Å². The van der Waals surface area contributed by atoms with Crippen molar-refractivity contribution in [1.29, 1.82) is 0 Å². The third kappa shape index (κ3) is 4.73. The Kier molecular flexibility index (Phi) is 6.47. The number of amides is 2. The van der Waals surface area contributed by atoms with Crippen LogP contribution in [0.15, 0.2) is 36.7 Å². The van der Waals surface area contributed by atoms with Crippen molar-refractivity contribution in [3.05, 3.63) is 47.2 Å². The molecule has 1 aromatic carbocycles. The highest BCUT2D eigenvalue weighted by atomic mass is 35.5. The van der Waals surface area contributed by atoms with Crippen molar-refractivity contribution in [2.45, 2.75) is 32.1 Å². The van der Waals surface area contributed by atoms with Crippen LogP contribution in [0.5, 0.6) is 0 Å². The summed E-state index contributed by atoms with van der Waals surface area (Å²) in [6, 6.07) is 6.93. The van der Waals surface area contributed by atoms with Gasteiger partial charge in [0.15, 0.2) is 0 Å². The van der Waals surface area contributed by atoms with Gasteiger partial charge in [-0.05, 0) is 56.4 Å². The number of halogens is 1. The maximum absolute atomic E-state index is 12.7. The first-order valence-corrected chi connectivity index (χ1v) is 10.9. The highest BCUT2D eigenvalue weighted by Crippen LogP contribution is 2.26. The van der Waals surface area contributed by atoms with Gasteiger partial charge >= 0.3 is 0 Å². The van der Waals surface area contributed by atoms with Crippen molar-refractivity contribution in [3.63, 3.8) is 0 Å². The normalized spacial score (nSPS) is 17.6. The molecule has 3 heterocycles. The Bertz CT molecular complexity index is 894. The number of anilines is 2. The first-order valence-electron chi connectivity index (χ1n) is 10.5. The molecule has 0 bridgehead atoms. The number of carbonyl (C=O) groups excluding carboxylic acids is 2. The Hall–Kier alpha value is -2.67. The van der Waals surface area contributed by atoms with E-state index >= 15 is 0 Å². The fraction of sp³-hybridized carbons (Fsp3) is 0.455. The van der Waals surface area contributed by atoms with Crippen molar-refractivity contribution in [1.82, 2.24) is 14.9 Å². The maximum Gasteiger partial charge on any atom is 0.255 e. The number of rotatable bonds is 4. The molecular formula is C22H26ClN5O2. The molecule has 2 aliphatic rings. The SMILES string of the molecule is O=C(Nc1ccc(C(=O)N2CCCCC2)c(Cl)c1)C1CCN(c2ncccn2)CC1. The Morgan fingerprint density at radius 2 is 1.70 bits per heavy atom. The number of carbonyl (C=O) groups is 2. The molecule has 30 heavy (non-hydrogen) atoms. The van der Waals surface area contributed by atoms with Crippen molar-refractivity contribution in [3.8, 4) is 0 Å². The van der Waals surface area contributed by atoms with Crippen LogP contribution < -0.4 is 10.2 Å². The molecule has 1 aromatic heterocycles. The lowest BCUT2D eigenvalue weighted by Gasteiger charge is -2.31. The number of likely N-dealkylation sites (tertiary alicyclic amines) is 1. The van der Waals surface area contributed by atoms with Gasteiger partial charge in [-0.2, -0.15) is 0 Å². The smallest absolute Gasteiger partial charge is 0.255 e. The van der Waals surface area contributed by atoms with E-state index in [0.717, 1.165) is 51.9 Å². The number of aromatic nitrogens is 2. The molecule has 4 rings (SSSR count). The molecule has 2 fully saturated rings. The summed E-state index contributed by atoms with van der Waals surface area (Å²) in [5.41, 5.74) is 1.11. The Labute approximate surface area is 181 Å². The van der Waals surface area contributed by atoms with Gasteiger partial charge in [0.1, 0.15) is 0 Å². The van der Waals surface area contributed by atoms with Crippen LogP contribution in [0.25, 0.3) is 0 Å². The maximum atomic E-state index is 12.7. The van der Waals surface area contributed by atoms with Crippen LogP contribution in [-0.4, -0.2) is 52.9 Å². The number of nitrogens with zero attached hydrogens (tertiary/aromatic N) is 4. The summed E-state index contributed by atoms with van der Waals surface area (Å²) in [4.78, 5) is 37.9. The summed E-state index contributed by atoms with van der Waals surface area (Å²) in [5.74, 6) is 0.582. The number of benzene rings is 1. The lowest BCUT2D eigenvalue weighted by atomic mass is 9.96. The second-order valence-corrected chi connectivity index (χ2v) is 8.25. The van der Waals surface area contributed by atoms with E-state index in [1.807, 2.05) is 4.90 Å².